The molecule has 0 spiro atoms. The Morgan fingerprint density at radius 3 is 2.56 bits per heavy atom. The first-order chi connectivity index (χ1) is 7.72. The lowest BCUT2D eigenvalue weighted by atomic mass is 9.95. The molecule has 0 amide bonds. The predicted molar refractivity (Wildman–Crippen MR) is 55.3 cm³/mol. The summed E-state index contributed by atoms with van der Waals surface area (Å²) < 4.78 is 30.2. The van der Waals surface area contributed by atoms with Gasteiger partial charge in [0.15, 0.2) is 0 Å². The molecule has 1 aromatic rings. The molecule has 1 fully saturated rings. The number of rotatable bonds is 3. The average Bonchev–Trinajstić information content (AvgIpc) is 2.77. The van der Waals surface area contributed by atoms with Gasteiger partial charge in [-0.3, -0.25) is 0 Å². The number of aliphatic hydroxyl groups excluding tert-OH is 1. The molecule has 1 aliphatic rings. The van der Waals surface area contributed by atoms with Crippen molar-refractivity contribution >= 4 is 0 Å². The van der Waals surface area contributed by atoms with Crippen LogP contribution in [0.25, 0.3) is 0 Å². The molecular weight excluding hydrogens is 214 g/mol. The van der Waals surface area contributed by atoms with Crippen molar-refractivity contribution in [3.63, 3.8) is 0 Å². The second-order valence-electron chi connectivity index (χ2n) is 3.99. The summed E-state index contributed by atoms with van der Waals surface area (Å²) in [6.07, 6.45) is -1.78. The van der Waals surface area contributed by atoms with Gasteiger partial charge in [0.2, 0.25) is 0 Å². The molecule has 4 heteroatoms. The maximum atomic E-state index is 12.3. The summed E-state index contributed by atoms with van der Waals surface area (Å²) >= 11 is 0. The maximum Gasteiger partial charge on any atom is 0.263 e. The fraction of sp³-hybridized carbons (Fsp3) is 0.500. The Hall–Kier alpha value is -1.00. The highest BCUT2D eigenvalue weighted by atomic mass is 19.3. The Labute approximate surface area is 92.9 Å². The van der Waals surface area contributed by atoms with Crippen molar-refractivity contribution in [2.75, 3.05) is 13.2 Å². The number of hydrogen-bond acceptors (Lipinski definition) is 2. The molecule has 2 rings (SSSR count). The van der Waals surface area contributed by atoms with Crippen LogP contribution in [-0.2, 0) is 4.74 Å². The lowest BCUT2D eigenvalue weighted by Gasteiger charge is -2.16. The van der Waals surface area contributed by atoms with Gasteiger partial charge in [0.25, 0.3) is 6.43 Å². The van der Waals surface area contributed by atoms with Gasteiger partial charge in [0, 0.05) is 24.7 Å². The van der Waals surface area contributed by atoms with E-state index in [0.29, 0.717) is 6.61 Å². The van der Waals surface area contributed by atoms with Gasteiger partial charge in [-0.15, -0.1) is 0 Å². The quantitative estimate of drug-likeness (QED) is 0.861. The molecule has 16 heavy (non-hydrogen) atoms. The van der Waals surface area contributed by atoms with Crippen LogP contribution in [0.2, 0.25) is 0 Å². The van der Waals surface area contributed by atoms with Gasteiger partial charge < -0.3 is 9.84 Å². The van der Waals surface area contributed by atoms with Crippen LogP contribution >= 0.6 is 0 Å². The Bertz CT molecular complexity index is 337. The molecule has 88 valence electrons. The van der Waals surface area contributed by atoms with Crippen molar-refractivity contribution < 1.29 is 18.6 Å². The van der Waals surface area contributed by atoms with Crippen molar-refractivity contribution in [3.05, 3.63) is 35.4 Å². The molecular formula is C12H14F2O2. The number of halogens is 2. The third-order valence-corrected chi connectivity index (χ3v) is 2.97. The molecule has 2 nitrogen and oxygen atoms in total. The number of hydrogen-bond donors (Lipinski definition) is 1. The second-order valence-corrected chi connectivity index (χ2v) is 3.99. The number of benzene rings is 1. The van der Waals surface area contributed by atoms with Crippen LogP contribution in [0, 0.1) is 5.92 Å². The third-order valence-electron chi connectivity index (χ3n) is 2.97. The molecule has 1 aromatic carbocycles. The van der Waals surface area contributed by atoms with Gasteiger partial charge in [-0.05, 0) is 12.0 Å². The zero-order valence-corrected chi connectivity index (χ0v) is 8.77. The van der Waals surface area contributed by atoms with E-state index in [9.17, 15) is 8.78 Å². The van der Waals surface area contributed by atoms with Crippen LogP contribution in [0.15, 0.2) is 24.3 Å². The summed E-state index contributed by atoms with van der Waals surface area (Å²) in [5.74, 6) is 0.0809. The lowest BCUT2D eigenvalue weighted by molar-refractivity contribution is 0.0719. The van der Waals surface area contributed by atoms with E-state index < -0.39 is 6.43 Å². The van der Waals surface area contributed by atoms with Crippen LogP contribution in [-0.4, -0.2) is 18.3 Å². The zero-order chi connectivity index (χ0) is 11.5. The van der Waals surface area contributed by atoms with Crippen molar-refractivity contribution in [1.29, 1.82) is 0 Å². The minimum absolute atomic E-state index is 0.0160. The normalized spacial score (nSPS) is 25.2. The first-order valence-corrected chi connectivity index (χ1v) is 5.33. The Morgan fingerprint density at radius 2 is 2.00 bits per heavy atom. The van der Waals surface area contributed by atoms with Gasteiger partial charge in [0.05, 0.1) is 6.10 Å². The van der Waals surface area contributed by atoms with Crippen LogP contribution in [0.4, 0.5) is 8.78 Å². The van der Waals surface area contributed by atoms with E-state index in [1.165, 1.54) is 12.1 Å². The molecule has 0 saturated carbocycles. The summed E-state index contributed by atoms with van der Waals surface area (Å²) in [6, 6.07) is 6.13. The predicted octanol–water partition coefficient (Wildman–Crippen LogP) is 2.69. The number of ether oxygens (including phenoxy) is 1. The van der Waals surface area contributed by atoms with Crippen LogP contribution in [0.5, 0.6) is 0 Å². The molecule has 0 radical (unpaired) electrons. The van der Waals surface area contributed by atoms with E-state index in [1.54, 1.807) is 12.1 Å². The summed E-state index contributed by atoms with van der Waals surface area (Å²) in [4.78, 5) is 0. The molecule has 1 N–H and O–H groups in total. The average molecular weight is 228 g/mol. The van der Waals surface area contributed by atoms with Gasteiger partial charge in [-0.2, -0.15) is 0 Å². The highest BCUT2D eigenvalue weighted by Crippen LogP contribution is 2.34. The second kappa shape index (κ2) is 4.89. The summed E-state index contributed by atoms with van der Waals surface area (Å²) in [5, 5.41) is 9.14. The van der Waals surface area contributed by atoms with Crippen molar-refractivity contribution in [1.82, 2.24) is 0 Å². The first-order valence-electron chi connectivity index (χ1n) is 5.33. The van der Waals surface area contributed by atoms with Crippen molar-refractivity contribution in [3.8, 4) is 0 Å². The maximum absolute atomic E-state index is 12.3. The first kappa shape index (κ1) is 11.5. The molecule has 0 aromatic heterocycles. The fourth-order valence-electron chi connectivity index (χ4n) is 2.02. The standard InChI is InChI=1S/C12H14F2O2/c13-12(14)9-3-1-8(2-4-9)11-10(7-15)5-6-16-11/h1-4,10-12,15H,5-7H2. The molecule has 1 heterocycles. The largest absolute Gasteiger partial charge is 0.396 e. The third kappa shape index (κ3) is 2.23. The molecule has 2 atom stereocenters. The summed E-state index contributed by atoms with van der Waals surface area (Å²) in [6.45, 7) is 0.688. The van der Waals surface area contributed by atoms with Crippen molar-refractivity contribution in [2.45, 2.75) is 19.0 Å². The van der Waals surface area contributed by atoms with E-state index in [1.807, 2.05) is 0 Å². The van der Waals surface area contributed by atoms with Gasteiger partial charge >= 0.3 is 0 Å². The monoisotopic (exact) mass is 228 g/mol. The topological polar surface area (TPSA) is 29.5 Å². The molecule has 1 saturated heterocycles. The van der Waals surface area contributed by atoms with Crippen LogP contribution in [0.3, 0.4) is 0 Å². The molecule has 2 unspecified atom stereocenters. The molecule has 0 aliphatic carbocycles. The van der Waals surface area contributed by atoms with Crippen LogP contribution < -0.4 is 0 Å². The summed E-state index contributed by atoms with van der Waals surface area (Å²) in [5.41, 5.74) is 0.878. The lowest BCUT2D eigenvalue weighted by Crippen LogP contribution is -2.11. The number of alkyl halides is 2. The van der Waals surface area contributed by atoms with Crippen molar-refractivity contribution in [2.24, 2.45) is 5.92 Å². The van der Waals surface area contributed by atoms with E-state index >= 15 is 0 Å². The smallest absolute Gasteiger partial charge is 0.263 e. The van der Waals surface area contributed by atoms with E-state index in [2.05, 4.69) is 0 Å². The Morgan fingerprint density at radius 1 is 1.31 bits per heavy atom. The SMILES string of the molecule is OCC1CCOC1c1ccc(C(F)F)cc1. The van der Waals surface area contributed by atoms with Crippen LogP contribution in [0.1, 0.15) is 30.1 Å². The minimum Gasteiger partial charge on any atom is -0.396 e. The Balaban J connectivity index is 2.15. The molecule has 1 aliphatic heterocycles. The van der Waals surface area contributed by atoms with Gasteiger partial charge in [-0.25, -0.2) is 8.78 Å². The number of aliphatic hydroxyl groups is 1. The van der Waals surface area contributed by atoms with E-state index in [4.69, 9.17) is 9.84 Å². The zero-order valence-electron chi connectivity index (χ0n) is 8.77. The van der Waals surface area contributed by atoms with Gasteiger partial charge in [-0.1, -0.05) is 24.3 Å². The fourth-order valence-corrected chi connectivity index (χ4v) is 2.02. The van der Waals surface area contributed by atoms with Gasteiger partial charge in [0.1, 0.15) is 0 Å². The van der Waals surface area contributed by atoms with E-state index in [0.717, 1.165) is 12.0 Å². The summed E-state index contributed by atoms with van der Waals surface area (Å²) in [7, 11) is 0. The molecule has 0 bridgehead atoms. The Kier molecular flexibility index (Phi) is 3.51. The highest BCUT2D eigenvalue weighted by molar-refractivity contribution is 5.25. The van der Waals surface area contributed by atoms with E-state index in [-0.39, 0.29) is 24.2 Å². The minimum atomic E-state index is -2.44. The highest BCUT2D eigenvalue weighted by Gasteiger charge is 2.28.